The quantitative estimate of drug-likeness (QED) is 0.548. The third kappa shape index (κ3) is 5.54. The minimum Gasteiger partial charge on any atom is -0.444 e. The van der Waals surface area contributed by atoms with Crippen molar-refractivity contribution in [3.05, 3.63) is 47.5 Å². The molecule has 0 fully saturated rings. The topological polar surface area (TPSA) is 114 Å². The summed E-state index contributed by atoms with van der Waals surface area (Å²) in [5.41, 5.74) is 2.53. The van der Waals surface area contributed by atoms with Crippen molar-refractivity contribution in [1.29, 1.82) is 0 Å². The number of amides is 2. The second kappa shape index (κ2) is 9.54. The van der Waals surface area contributed by atoms with Gasteiger partial charge >= 0.3 is 6.09 Å². The lowest BCUT2D eigenvalue weighted by Gasteiger charge is -2.19. The van der Waals surface area contributed by atoms with Gasteiger partial charge < -0.3 is 9.64 Å². The van der Waals surface area contributed by atoms with Crippen LogP contribution >= 0.6 is 0 Å². The molecule has 0 aromatic carbocycles. The Morgan fingerprint density at radius 2 is 1.74 bits per heavy atom. The molecule has 0 bridgehead atoms. The van der Waals surface area contributed by atoms with Crippen LogP contribution in [0, 0.1) is 6.92 Å². The first-order chi connectivity index (χ1) is 15.9. The molecule has 0 aliphatic rings. The van der Waals surface area contributed by atoms with E-state index >= 15 is 0 Å². The first-order valence-corrected chi connectivity index (χ1v) is 10.9. The monoisotopic (exact) mass is 463 g/mol. The number of nitrogens with zero attached hydrogens (tertiary/aromatic N) is 4. The van der Waals surface area contributed by atoms with Crippen LogP contribution in [-0.4, -0.2) is 57.3 Å². The van der Waals surface area contributed by atoms with E-state index in [1.54, 1.807) is 66.3 Å². The zero-order valence-corrected chi connectivity index (χ0v) is 20.5. The number of ether oxygens (including phenoxy) is 1. The van der Waals surface area contributed by atoms with Gasteiger partial charge in [0.25, 0.3) is 5.91 Å². The number of aryl methyl sites for hydroxylation is 1. The number of carbonyl (C=O) groups is 3. The van der Waals surface area contributed by atoms with Crippen LogP contribution in [0.15, 0.2) is 30.6 Å². The van der Waals surface area contributed by atoms with E-state index in [0.717, 1.165) is 5.56 Å². The predicted molar refractivity (Wildman–Crippen MR) is 130 cm³/mol. The van der Waals surface area contributed by atoms with Gasteiger partial charge in [0.15, 0.2) is 5.78 Å². The zero-order valence-electron chi connectivity index (χ0n) is 20.5. The largest absolute Gasteiger partial charge is 0.444 e. The third-order valence-corrected chi connectivity index (χ3v) is 4.94. The van der Waals surface area contributed by atoms with Crippen molar-refractivity contribution in [2.24, 2.45) is 0 Å². The molecule has 1 N–H and O–H groups in total. The van der Waals surface area contributed by atoms with Crippen molar-refractivity contribution >= 4 is 34.5 Å². The number of nitrogens with one attached hydrogen (secondary N) is 1. The second-order valence-corrected chi connectivity index (χ2v) is 9.13. The maximum Gasteiger partial charge on any atom is 0.413 e. The summed E-state index contributed by atoms with van der Waals surface area (Å²) in [4.78, 5) is 51.8. The predicted octanol–water partition coefficient (Wildman–Crippen LogP) is 4.64. The molecule has 3 aromatic heterocycles. The Morgan fingerprint density at radius 3 is 2.32 bits per heavy atom. The number of hydrogen-bond acceptors (Lipinski definition) is 7. The van der Waals surface area contributed by atoms with Crippen LogP contribution in [0.3, 0.4) is 0 Å². The second-order valence-electron chi connectivity index (χ2n) is 9.13. The summed E-state index contributed by atoms with van der Waals surface area (Å²) >= 11 is 0. The highest BCUT2D eigenvalue weighted by atomic mass is 16.6. The van der Waals surface area contributed by atoms with Crippen molar-refractivity contribution in [2.45, 2.75) is 46.6 Å². The number of Topliss-reactive ketones (excluding diaryl/α,β-unsaturated/α-hetero) is 1. The molecule has 0 saturated carbocycles. The molecule has 0 atom stereocenters. The van der Waals surface area contributed by atoms with Crippen LogP contribution in [0.2, 0.25) is 0 Å². The summed E-state index contributed by atoms with van der Waals surface area (Å²) in [6.45, 7) is 8.95. The highest BCUT2D eigenvalue weighted by Crippen LogP contribution is 2.30. The molecule has 9 heteroatoms. The molecule has 0 aliphatic heterocycles. The van der Waals surface area contributed by atoms with E-state index in [-0.39, 0.29) is 23.2 Å². The normalized spacial score (nSPS) is 11.3. The lowest BCUT2D eigenvalue weighted by molar-refractivity contribution is 0.0634. The van der Waals surface area contributed by atoms with E-state index in [9.17, 15) is 14.4 Å². The fraction of sp³-hybridized carbons (Fsp3) is 0.360. The van der Waals surface area contributed by atoms with Gasteiger partial charge in [0.1, 0.15) is 22.8 Å². The number of hydrogen-bond donors (Lipinski definition) is 1. The van der Waals surface area contributed by atoms with Gasteiger partial charge in [-0.1, -0.05) is 6.92 Å². The molecule has 3 rings (SSSR count). The molecule has 0 spiro atoms. The van der Waals surface area contributed by atoms with Gasteiger partial charge in [-0.05, 0) is 45.4 Å². The Bertz CT molecular complexity index is 1280. The third-order valence-electron chi connectivity index (χ3n) is 4.94. The van der Waals surface area contributed by atoms with Gasteiger partial charge in [-0.3, -0.25) is 19.9 Å². The van der Waals surface area contributed by atoms with E-state index in [1.165, 1.54) is 4.90 Å². The van der Waals surface area contributed by atoms with E-state index in [0.29, 0.717) is 34.1 Å². The van der Waals surface area contributed by atoms with Gasteiger partial charge in [0.05, 0.1) is 5.52 Å². The highest BCUT2D eigenvalue weighted by molar-refractivity contribution is 6.03. The van der Waals surface area contributed by atoms with Crippen LogP contribution in [-0.2, 0) is 4.74 Å². The van der Waals surface area contributed by atoms with Gasteiger partial charge in [-0.2, -0.15) is 0 Å². The molecular formula is C25H29N5O4. The van der Waals surface area contributed by atoms with Gasteiger partial charge in [0.2, 0.25) is 0 Å². The van der Waals surface area contributed by atoms with E-state index in [2.05, 4.69) is 20.3 Å². The summed E-state index contributed by atoms with van der Waals surface area (Å²) in [5, 5.41) is 3.26. The number of pyridine rings is 3. The van der Waals surface area contributed by atoms with Crippen molar-refractivity contribution in [2.75, 3.05) is 19.4 Å². The average Bonchev–Trinajstić information content (AvgIpc) is 2.75. The Balaban J connectivity index is 2.10. The molecule has 3 aromatic rings. The number of fused-ring (bicyclic) bond motifs is 1. The molecule has 3 heterocycles. The van der Waals surface area contributed by atoms with E-state index < -0.39 is 11.7 Å². The molecule has 0 aliphatic carbocycles. The average molecular weight is 464 g/mol. The standard InChI is InChI=1S/C25H29N5O4/c1-8-20(31)19-9-14(2)17(13-26-19)16-10-15-12-27-21(29-24(33)34-25(3,4)5)11-18(15)28-22(16)23(32)30(6)7/h9-13H,8H2,1-7H3,(H,27,29,33). The molecule has 178 valence electrons. The highest BCUT2D eigenvalue weighted by Gasteiger charge is 2.21. The Hall–Kier alpha value is -3.88. The Morgan fingerprint density at radius 1 is 1.03 bits per heavy atom. The maximum atomic E-state index is 13.0. The summed E-state index contributed by atoms with van der Waals surface area (Å²) in [6.07, 6.45) is 2.89. The summed E-state index contributed by atoms with van der Waals surface area (Å²) in [5.74, 6) is -0.0842. The summed E-state index contributed by atoms with van der Waals surface area (Å²) < 4.78 is 5.27. The van der Waals surface area contributed by atoms with Crippen molar-refractivity contribution in [3.63, 3.8) is 0 Å². The first kappa shape index (κ1) is 24.8. The van der Waals surface area contributed by atoms with Gasteiger partial charge in [0, 0.05) is 55.5 Å². The fourth-order valence-electron chi connectivity index (χ4n) is 3.30. The number of anilines is 1. The number of rotatable bonds is 5. The Kier molecular flexibility index (Phi) is 6.95. The molecule has 0 unspecified atom stereocenters. The van der Waals surface area contributed by atoms with Crippen molar-refractivity contribution in [3.8, 4) is 11.1 Å². The zero-order chi connectivity index (χ0) is 25.2. The first-order valence-electron chi connectivity index (χ1n) is 10.9. The number of carbonyl (C=O) groups excluding carboxylic acids is 3. The lowest BCUT2D eigenvalue weighted by atomic mass is 9.98. The summed E-state index contributed by atoms with van der Waals surface area (Å²) in [6, 6.07) is 5.12. The lowest BCUT2D eigenvalue weighted by Crippen LogP contribution is -2.27. The van der Waals surface area contributed by atoms with Crippen LogP contribution in [0.25, 0.3) is 22.0 Å². The Labute approximate surface area is 198 Å². The molecule has 2 amide bonds. The number of ketones is 1. The van der Waals surface area contributed by atoms with Crippen LogP contribution in [0.1, 0.15) is 60.7 Å². The summed E-state index contributed by atoms with van der Waals surface area (Å²) in [7, 11) is 3.29. The minimum atomic E-state index is -0.650. The van der Waals surface area contributed by atoms with Crippen LogP contribution in [0.4, 0.5) is 10.6 Å². The van der Waals surface area contributed by atoms with Crippen LogP contribution in [0.5, 0.6) is 0 Å². The maximum absolute atomic E-state index is 13.0. The molecule has 9 nitrogen and oxygen atoms in total. The van der Waals surface area contributed by atoms with E-state index in [4.69, 9.17) is 4.74 Å². The van der Waals surface area contributed by atoms with Crippen molar-refractivity contribution in [1.82, 2.24) is 19.9 Å². The minimum absolute atomic E-state index is 0.0508. The smallest absolute Gasteiger partial charge is 0.413 e. The van der Waals surface area contributed by atoms with Gasteiger partial charge in [-0.25, -0.2) is 14.8 Å². The fourth-order valence-corrected chi connectivity index (χ4v) is 3.30. The molecular weight excluding hydrogens is 434 g/mol. The van der Waals surface area contributed by atoms with Gasteiger partial charge in [-0.15, -0.1) is 0 Å². The molecule has 34 heavy (non-hydrogen) atoms. The van der Waals surface area contributed by atoms with Crippen LogP contribution < -0.4 is 5.32 Å². The number of aromatic nitrogens is 3. The molecule has 0 saturated heterocycles. The van der Waals surface area contributed by atoms with Crippen molar-refractivity contribution < 1.29 is 19.1 Å². The van der Waals surface area contributed by atoms with E-state index in [1.807, 2.05) is 13.0 Å². The SMILES string of the molecule is CCC(=O)c1cc(C)c(-c2cc3cnc(NC(=O)OC(C)(C)C)cc3nc2C(=O)N(C)C)cn1. The molecule has 0 radical (unpaired) electrons.